The minimum Gasteiger partial charge on any atom is -0.457 e. The molecule has 8 nitrogen and oxygen atoms in total. The highest BCUT2D eigenvalue weighted by molar-refractivity contribution is 7.89. The van der Waals surface area contributed by atoms with Gasteiger partial charge in [-0.15, -0.1) is 6.58 Å². The molecule has 1 N–H and O–H groups in total. The quantitative estimate of drug-likeness (QED) is 0.327. The van der Waals surface area contributed by atoms with Gasteiger partial charge in [-0.2, -0.15) is 0 Å². The first-order chi connectivity index (χ1) is 12.3. The van der Waals surface area contributed by atoms with E-state index in [1.165, 1.54) is 48.5 Å². The van der Waals surface area contributed by atoms with Crippen LogP contribution in [-0.2, 0) is 21.4 Å². The summed E-state index contributed by atoms with van der Waals surface area (Å²) in [4.78, 5) is 22.4. The average Bonchev–Trinajstić information content (AvgIpc) is 2.64. The second-order valence-corrected chi connectivity index (χ2v) is 6.89. The Morgan fingerprint density at radius 3 is 2.46 bits per heavy atom. The van der Waals surface area contributed by atoms with Crippen LogP contribution in [-0.4, -0.2) is 25.9 Å². The van der Waals surface area contributed by atoms with Crippen molar-refractivity contribution in [3.05, 3.63) is 82.4 Å². The van der Waals surface area contributed by atoms with Crippen LogP contribution in [0.25, 0.3) is 0 Å². The van der Waals surface area contributed by atoms with Crippen LogP contribution >= 0.6 is 0 Å². The van der Waals surface area contributed by atoms with Crippen LogP contribution in [0.3, 0.4) is 0 Å². The molecule has 0 aliphatic rings. The minimum absolute atomic E-state index is 0.00500. The Balaban J connectivity index is 2.07. The van der Waals surface area contributed by atoms with Gasteiger partial charge in [0.1, 0.15) is 6.61 Å². The van der Waals surface area contributed by atoms with E-state index in [-0.39, 0.29) is 34.9 Å². The number of sulfonamides is 1. The van der Waals surface area contributed by atoms with E-state index in [1.807, 2.05) is 0 Å². The third-order valence-corrected chi connectivity index (χ3v) is 4.80. The maximum atomic E-state index is 12.1. The molecule has 2 aromatic rings. The van der Waals surface area contributed by atoms with Crippen LogP contribution in [0.5, 0.6) is 0 Å². The predicted octanol–water partition coefficient (Wildman–Crippen LogP) is 2.42. The van der Waals surface area contributed by atoms with Gasteiger partial charge in [0.15, 0.2) is 0 Å². The summed E-state index contributed by atoms with van der Waals surface area (Å²) >= 11 is 0. The lowest BCUT2D eigenvalue weighted by Crippen LogP contribution is -2.23. The van der Waals surface area contributed by atoms with E-state index in [0.29, 0.717) is 0 Å². The highest BCUT2D eigenvalue weighted by Crippen LogP contribution is 2.19. The molecule has 2 aromatic carbocycles. The zero-order valence-corrected chi connectivity index (χ0v) is 14.4. The van der Waals surface area contributed by atoms with Crippen molar-refractivity contribution in [2.75, 3.05) is 6.54 Å². The Morgan fingerprint density at radius 2 is 1.85 bits per heavy atom. The summed E-state index contributed by atoms with van der Waals surface area (Å²) in [7, 11) is -3.68. The van der Waals surface area contributed by atoms with E-state index in [2.05, 4.69) is 11.3 Å². The molecule has 0 amide bonds. The summed E-state index contributed by atoms with van der Waals surface area (Å²) in [5, 5.41) is 10.9. The molecule has 0 spiro atoms. The summed E-state index contributed by atoms with van der Waals surface area (Å²) < 4.78 is 31.3. The molecule has 0 bridgehead atoms. The number of para-hydroxylation sites is 1. The number of carbonyl (C=O) groups is 1. The first-order valence-corrected chi connectivity index (χ1v) is 8.93. The van der Waals surface area contributed by atoms with Crippen molar-refractivity contribution in [1.82, 2.24) is 4.72 Å². The first-order valence-electron chi connectivity index (χ1n) is 7.45. The smallest absolute Gasteiger partial charge is 0.338 e. The van der Waals surface area contributed by atoms with Crippen LogP contribution in [0.15, 0.2) is 66.1 Å². The van der Waals surface area contributed by atoms with Gasteiger partial charge in [0.25, 0.3) is 5.69 Å². The van der Waals surface area contributed by atoms with Crippen molar-refractivity contribution in [1.29, 1.82) is 0 Å². The monoisotopic (exact) mass is 376 g/mol. The zero-order chi connectivity index (χ0) is 19.2. The molecule has 0 heterocycles. The van der Waals surface area contributed by atoms with Gasteiger partial charge >= 0.3 is 5.97 Å². The van der Waals surface area contributed by atoms with E-state index < -0.39 is 20.9 Å². The first kappa shape index (κ1) is 19.3. The number of rotatable bonds is 8. The summed E-state index contributed by atoms with van der Waals surface area (Å²) in [5.41, 5.74) is 0.250. The maximum Gasteiger partial charge on any atom is 0.338 e. The van der Waals surface area contributed by atoms with Crippen LogP contribution in [0, 0.1) is 10.1 Å². The lowest BCUT2D eigenvalue weighted by Gasteiger charge is -2.07. The van der Waals surface area contributed by atoms with Gasteiger partial charge in [0.2, 0.25) is 10.0 Å². The number of nitro groups is 1. The van der Waals surface area contributed by atoms with Gasteiger partial charge in [0, 0.05) is 12.6 Å². The number of esters is 1. The molecule has 9 heteroatoms. The van der Waals surface area contributed by atoms with E-state index in [9.17, 15) is 23.3 Å². The number of nitrogens with zero attached hydrogens (tertiary/aromatic N) is 1. The van der Waals surface area contributed by atoms with Crippen molar-refractivity contribution in [2.45, 2.75) is 11.5 Å². The van der Waals surface area contributed by atoms with E-state index in [4.69, 9.17) is 4.74 Å². The van der Waals surface area contributed by atoms with Crippen molar-refractivity contribution < 1.29 is 22.9 Å². The van der Waals surface area contributed by atoms with Gasteiger partial charge in [-0.25, -0.2) is 17.9 Å². The normalized spacial score (nSPS) is 10.9. The van der Waals surface area contributed by atoms with Gasteiger partial charge in [0.05, 0.1) is 20.9 Å². The maximum absolute atomic E-state index is 12.1. The van der Waals surface area contributed by atoms with Crippen molar-refractivity contribution in [3.8, 4) is 0 Å². The molecule has 26 heavy (non-hydrogen) atoms. The van der Waals surface area contributed by atoms with Gasteiger partial charge < -0.3 is 4.74 Å². The van der Waals surface area contributed by atoms with Crippen LogP contribution in [0.4, 0.5) is 5.69 Å². The fraction of sp³-hybridized carbons (Fsp3) is 0.118. The van der Waals surface area contributed by atoms with E-state index >= 15 is 0 Å². The summed E-state index contributed by atoms with van der Waals surface area (Å²) in [5.74, 6) is -0.717. The van der Waals surface area contributed by atoms with Crippen LogP contribution in [0.1, 0.15) is 15.9 Å². The molecule has 136 valence electrons. The fourth-order valence-electron chi connectivity index (χ4n) is 2.06. The Hall–Kier alpha value is -3.04. The number of hydrogen-bond acceptors (Lipinski definition) is 6. The van der Waals surface area contributed by atoms with Crippen molar-refractivity contribution >= 4 is 21.7 Å². The standard InChI is InChI=1S/C17H16N2O6S/c1-2-11-18-26(23,24)15-9-7-13(8-10-15)17(20)25-12-14-5-3-4-6-16(14)19(21)22/h2-10,18H,1,11-12H2. The van der Waals surface area contributed by atoms with Crippen LogP contribution < -0.4 is 4.72 Å². The average molecular weight is 376 g/mol. The molecule has 0 aromatic heterocycles. The largest absolute Gasteiger partial charge is 0.457 e. The Morgan fingerprint density at radius 1 is 1.19 bits per heavy atom. The molecule has 0 fully saturated rings. The topological polar surface area (TPSA) is 116 Å². The Kier molecular flexibility index (Phi) is 6.21. The highest BCUT2D eigenvalue weighted by Gasteiger charge is 2.17. The lowest BCUT2D eigenvalue weighted by molar-refractivity contribution is -0.385. The van der Waals surface area contributed by atoms with Gasteiger partial charge in [-0.3, -0.25) is 10.1 Å². The fourth-order valence-corrected chi connectivity index (χ4v) is 3.06. The number of benzene rings is 2. The highest BCUT2D eigenvalue weighted by atomic mass is 32.2. The van der Waals surface area contributed by atoms with Gasteiger partial charge in [-0.05, 0) is 30.3 Å². The number of nitrogens with one attached hydrogen (secondary N) is 1. The number of carbonyl (C=O) groups excluding carboxylic acids is 1. The number of ether oxygens (including phenoxy) is 1. The molecule has 0 saturated carbocycles. The molecule has 2 rings (SSSR count). The molecule has 0 aliphatic heterocycles. The SMILES string of the molecule is C=CCNS(=O)(=O)c1ccc(C(=O)OCc2ccccc2[N+](=O)[O-])cc1. The lowest BCUT2D eigenvalue weighted by atomic mass is 10.2. The van der Waals surface area contributed by atoms with E-state index in [0.717, 1.165) is 0 Å². The third-order valence-electron chi connectivity index (χ3n) is 3.37. The second-order valence-electron chi connectivity index (χ2n) is 5.13. The number of nitro benzene ring substituents is 1. The predicted molar refractivity (Wildman–Crippen MR) is 94.0 cm³/mol. The van der Waals surface area contributed by atoms with E-state index in [1.54, 1.807) is 6.07 Å². The summed E-state index contributed by atoms with van der Waals surface area (Å²) in [6.07, 6.45) is 1.41. The van der Waals surface area contributed by atoms with Crippen molar-refractivity contribution in [2.24, 2.45) is 0 Å². The van der Waals surface area contributed by atoms with Gasteiger partial charge in [-0.1, -0.05) is 18.2 Å². The summed E-state index contributed by atoms with van der Waals surface area (Å²) in [6, 6.07) is 11.1. The zero-order valence-electron chi connectivity index (χ0n) is 13.6. The van der Waals surface area contributed by atoms with Crippen molar-refractivity contribution in [3.63, 3.8) is 0 Å². The van der Waals surface area contributed by atoms with Crippen LogP contribution in [0.2, 0.25) is 0 Å². The molecule has 0 aliphatic carbocycles. The minimum atomic E-state index is -3.68. The molecule has 0 unspecified atom stereocenters. The molecule has 0 saturated heterocycles. The second kappa shape index (κ2) is 8.37. The Bertz CT molecular complexity index is 923. The molecule has 0 radical (unpaired) electrons. The number of hydrogen-bond donors (Lipinski definition) is 1. The summed E-state index contributed by atoms with van der Waals surface area (Å²) in [6.45, 7) is 3.25. The molecule has 0 atom stereocenters. The third kappa shape index (κ3) is 4.74. The molecular weight excluding hydrogens is 360 g/mol. The Labute approximate surface area is 150 Å². The molecular formula is C17H16N2O6S.